The van der Waals surface area contributed by atoms with Crippen molar-refractivity contribution in [2.45, 2.75) is 38.6 Å². The summed E-state index contributed by atoms with van der Waals surface area (Å²) in [6.07, 6.45) is 4.69. The molecule has 1 aromatic rings. The number of hydrogen-bond acceptors (Lipinski definition) is 4. The summed E-state index contributed by atoms with van der Waals surface area (Å²) in [6.45, 7) is 6.71. The van der Waals surface area contributed by atoms with Crippen molar-refractivity contribution < 1.29 is 0 Å². The van der Waals surface area contributed by atoms with Gasteiger partial charge in [-0.15, -0.1) is 0 Å². The van der Waals surface area contributed by atoms with Crippen molar-refractivity contribution in [1.29, 1.82) is 0 Å². The topological polar surface area (TPSA) is 32.3 Å². The minimum atomic E-state index is 0.564. The fourth-order valence-electron chi connectivity index (χ4n) is 3.19. The van der Waals surface area contributed by atoms with Gasteiger partial charge in [-0.05, 0) is 25.8 Å². The van der Waals surface area contributed by atoms with E-state index in [9.17, 15) is 0 Å². The van der Waals surface area contributed by atoms with Crippen LogP contribution in [0.1, 0.15) is 32.0 Å². The second kappa shape index (κ2) is 5.63. The Bertz CT molecular complexity index is 451. The van der Waals surface area contributed by atoms with Crippen LogP contribution in [0.5, 0.6) is 0 Å². The monoisotopic (exact) mass is 280 g/mol. The summed E-state index contributed by atoms with van der Waals surface area (Å²) in [5, 5.41) is 0.564. The van der Waals surface area contributed by atoms with Gasteiger partial charge < -0.3 is 4.90 Å². The zero-order valence-electron chi connectivity index (χ0n) is 11.5. The molecular weight excluding hydrogens is 260 g/mol. The smallest absolute Gasteiger partial charge is 0.134 e. The molecule has 0 N–H and O–H groups in total. The summed E-state index contributed by atoms with van der Waals surface area (Å²) in [6, 6.07) is 2.60. The van der Waals surface area contributed by atoms with E-state index in [1.165, 1.54) is 32.4 Å². The Labute approximate surface area is 119 Å². The van der Waals surface area contributed by atoms with E-state index >= 15 is 0 Å². The number of nitrogens with zero attached hydrogens (tertiary/aromatic N) is 4. The lowest BCUT2D eigenvalue weighted by atomic mass is 10.2. The van der Waals surface area contributed by atoms with Crippen LogP contribution in [0.4, 0.5) is 5.82 Å². The largest absolute Gasteiger partial charge is 0.355 e. The average molecular weight is 281 g/mol. The van der Waals surface area contributed by atoms with Crippen LogP contribution in [0.2, 0.25) is 5.15 Å². The molecule has 5 heteroatoms. The lowest BCUT2D eigenvalue weighted by Crippen LogP contribution is -2.37. The van der Waals surface area contributed by atoms with Crippen LogP contribution in [-0.4, -0.2) is 47.1 Å². The minimum absolute atomic E-state index is 0.564. The lowest BCUT2D eigenvalue weighted by molar-refractivity contribution is 0.273. The fourth-order valence-corrected chi connectivity index (χ4v) is 3.38. The summed E-state index contributed by atoms with van der Waals surface area (Å²) in [4.78, 5) is 13.9. The first-order chi connectivity index (χ1) is 9.26. The Morgan fingerprint density at radius 3 is 2.95 bits per heavy atom. The maximum absolute atomic E-state index is 6.11. The van der Waals surface area contributed by atoms with E-state index in [0.717, 1.165) is 31.2 Å². The van der Waals surface area contributed by atoms with E-state index < -0.39 is 0 Å². The van der Waals surface area contributed by atoms with Crippen LogP contribution in [0.25, 0.3) is 0 Å². The SMILES string of the molecule is CCc1nc(Cl)cc(N2CCCN3CCCC3C2)n1. The standard InChI is InChI=1S/C14H21ClN4/c1-2-13-16-12(15)9-14(17-13)19-8-4-7-18-6-3-5-11(18)10-19/h9,11H,2-8,10H2,1H3. The van der Waals surface area contributed by atoms with Gasteiger partial charge in [-0.25, -0.2) is 9.97 Å². The van der Waals surface area contributed by atoms with Crippen LogP contribution >= 0.6 is 11.6 Å². The predicted octanol–water partition coefficient (Wildman–Crippen LogP) is 2.37. The van der Waals surface area contributed by atoms with Crippen molar-refractivity contribution in [2.24, 2.45) is 0 Å². The van der Waals surface area contributed by atoms with Gasteiger partial charge in [0.15, 0.2) is 0 Å². The quantitative estimate of drug-likeness (QED) is 0.779. The molecule has 0 aliphatic carbocycles. The van der Waals surface area contributed by atoms with E-state index in [1.54, 1.807) is 0 Å². The third-order valence-electron chi connectivity index (χ3n) is 4.17. The van der Waals surface area contributed by atoms with Crippen molar-refractivity contribution in [3.05, 3.63) is 17.0 Å². The van der Waals surface area contributed by atoms with Crippen molar-refractivity contribution in [3.8, 4) is 0 Å². The summed E-state index contributed by atoms with van der Waals surface area (Å²) in [5.41, 5.74) is 0. The molecule has 2 fully saturated rings. The molecule has 3 heterocycles. The molecule has 3 rings (SSSR count). The second-order valence-electron chi connectivity index (χ2n) is 5.45. The molecule has 1 aromatic heterocycles. The molecule has 0 saturated carbocycles. The highest BCUT2D eigenvalue weighted by Crippen LogP contribution is 2.25. The number of aryl methyl sites for hydroxylation is 1. The second-order valence-corrected chi connectivity index (χ2v) is 5.84. The lowest BCUT2D eigenvalue weighted by Gasteiger charge is -2.26. The van der Waals surface area contributed by atoms with Crippen LogP contribution < -0.4 is 4.90 Å². The first-order valence-corrected chi connectivity index (χ1v) is 7.66. The predicted molar refractivity (Wildman–Crippen MR) is 77.8 cm³/mol. The van der Waals surface area contributed by atoms with Gasteiger partial charge in [-0.2, -0.15) is 0 Å². The van der Waals surface area contributed by atoms with Gasteiger partial charge in [-0.3, -0.25) is 4.90 Å². The molecule has 0 amide bonds. The van der Waals surface area contributed by atoms with Gasteiger partial charge in [-0.1, -0.05) is 18.5 Å². The fraction of sp³-hybridized carbons (Fsp3) is 0.714. The van der Waals surface area contributed by atoms with E-state index in [1.807, 2.05) is 6.07 Å². The normalized spacial score (nSPS) is 24.3. The van der Waals surface area contributed by atoms with Crippen molar-refractivity contribution in [3.63, 3.8) is 0 Å². The summed E-state index contributed by atoms with van der Waals surface area (Å²) < 4.78 is 0. The molecule has 0 aromatic carbocycles. The van der Waals surface area contributed by atoms with Gasteiger partial charge in [0.05, 0.1) is 0 Å². The number of fused-ring (bicyclic) bond motifs is 1. The molecule has 1 unspecified atom stereocenters. The molecule has 0 bridgehead atoms. The van der Waals surface area contributed by atoms with Gasteiger partial charge in [0.2, 0.25) is 0 Å². The van der Waals surface area contributed by atoms with Crippen molar-refractivity contribution in [1.82, 2.24) is 14.9 Å². The minimum Gasteiger partial charge on any atom is -0.355 e. The molecule has 1 atom stereocenters. The Kier molecular flexibility index (Phi) is 3.89. The van der Waals surface area contributed by atoms with Gasteiger partial charge >= 0.3 is 0 Å². The van der Waals surface area contributed by atoms with Crippen LogP contribution in [0.15, 0.2) is 6.07 Å². The number of halogens is 1. The molecule has 0 spiro atoms. The summed E-state index contributed by atoms with van der Waals surface area (Å²) >= 11 is 6.11. The molecule has 104 valence electrons. The highest BCUT2D eigenvalue weighted by molar-refractivity contribution is 6.29. The Balaban J connectivity index is 1.82. The summed E-state index contributed by atoms with van der Waals surface area (Å²) in [7, 11) is 0. The van der Waals surface area contributed by atoms with Crippen molar-refractivity contribution in [2.75, 3.05) is 31.1 Å². The Morgan fingerprint density at radius 2 is 2.11 bits per heavy atom. The number of hydrogen-bond donors (Lipinski definition) is 0. The summed E-state index contributed by atoms with van der Waals surface area (Å²) in [5.74, 6) is 1.85. The van der Waals surface area contributed by atoms with E-state index in [-0.39, 0.29) is 0 Å². The third-order valence-corrected chi connectivity index (χ3v) is 4.37. The molecule has 0 radical (unpaired) electrons. The molecule has 2 saturated heterocycles. The van der Waals surface area contributed by atoms with Crippen LogP contribution in [-0.2, 0) is 6.42 Å². The molecule has 4 nitrogen and oxygen atoms in total. The van der Waals surface area contributed by atoms with E-state index in [2.05, 4.69) is 26.7 Å². The highest BCUT2D eigenvalue weighted by Gasteiger charge is 2.29. The number of anilines is 1. The number of rotatable bonds is 2. The van der Waals surface area contributed by atoms with Gasteiger partial charge in [0, 0.05) is 38.2 Å². The zero-order valence-corrected chi connectivity index (χ0v) is 12.2. The van der Waals surface area contributed by atoms with E-state index in [0.29, 0.717) is 11.2 Å². The first kappa shape index (κ1) is 13.1. The Hall–Kier alpha value is -0.870. The molecule has 19 heavy (non-hydrogen) atoms. The zero-order chi connectivity index (χ0) is 13.2. The van der Waals surface area contributed by atoms with Gasteiger partial charge in [0.25, 0.3) is 0 Å². The first-order valence-electron chi connectivity index (χ1n) is 7.28. The van der Waals surface area contributed by atoms with Crippen molar-refractivity contribution >= 4 is 17.4 Å². The average Bonchev–Trinajstić information content (AvgIpc) is 2.75. The maximum atomic E-state index is 6.11. The molecule has 2 aliphatic heterocycles. The third kappa shape index (κ3) is 2.84. The van der Waals surface area contributed by atoms with Gasteiger partial charge in [0.1, 0.15) is 16.8 Å². The number of aromatic nitrogens is 2. The van der Waals surface area contributed by atoms with E-state index in [4.69, 9.17) is 11.6 Å². The highest BCUT2D eigenvalue weighted by atomic mass is 35.5. The molecule has 2 aliphatic rings. The van der Waals surface area contributed by atoms with Crippen LogP contribution in [0.3, 0.4) is 0 Å². The Morgan fingerprint density at radius 1 is 1.26 bits per heavy atom. The van der Waals surface area contributed by atoms with Crippen LogP contribution in [0, 0.1) is 0 Å². The molecular formula is C14H21ClN4. The maximum Gasteiger partial charge on any atom is 0.134 e.